The Morgan fingerprint density at radius 2 is 2.10 bits per heavy atom. The fourth-order valence-corrected chi connectivity index (χ4v) is 4.98. The molecule has 0 atom stereocenters. The lowest BCUT2D eigenvalue weighted by Crippen LogP contribution is -2.25. The SMILES string of the molecule is CC(=O)NCc1ccc(-c2csc(NC(=O)COc3cccc4c3OC(C)(C)C4)n2)s1. The molecule has 7 nitrogen and oxygen atoms in total. The zero-order valence-electron chi connectivity index (χ0n) is 17.5. The van der Waals surface area contributed by atoms with Crippen molar-refractivity contribution >= 4 is 39.6 Å². The number of benzene rings is 1. The monoisotopic (exact) mass is 457 g/mol. The van der Waals surface area contributed by atoms with Gasteiger partial charge in [0.15, 0.2) is 23.2 Å². The summed E-state index contributed by atoms with van der Waals surface area (Å²) < 4.78 is 11.7. The molecule has 0 bridgehead atoms. The van der Waals surface area contributed by atoms with Gasteiger partial charge in [0.05, 0.1) is 17.1 Å². The van der Waals surface area contributed by atoms with E-state index in [2.05, 4.69) is 15.6 Å². The molecule has 1 aromatic carbocycles. The second-order valence-electron chi connectivity index (χ2n) is 7.83. The Bertz CT molecular complexity index is 1120. The minimum Gasteiger partial charge on any atom is -0.483 e. The highest BCUT2D eigenvalue weighted by molar-refractivity contribution is 7.17. The Morgan fingerprint density at radius 3 is 2.90 bits per heavy atom. The highest BCUT2D eigenvalue weighted by Crippen LogP contribution is 2.41. The van der Waals surface area contributed by atoms with Gasteiger partial charge < -0.3 is 14.8 Å². The van der Waals surface area contributed by atoms with Crippen LogP contribution in [0.3, 0.4) is 0 Å². The van der Waals surface area contributed by atoms with Crippen LogP contribution >= 0.6 is 22.7 Å². The van der Waals surface area contributed by atoms with Gasteiger partial charge in [0.2, 0.25) is 5.91 Å². The first-order valence-electron chi connectivity index (χ1n) is 9.82. The number of anilines is 1. The summed E-state index contributed by atoms with van der Waals surface area (Å²) in [5.74, 6) is 0.938. The van der Waals surface area contributed by atoms with Crippen molar-refractivity contribution in [3.63, 3.8) is 0 Å². The van der Waals surface area contributed by atoms with Crippen LogP contribution in [0.4, 0.5) is 5.13 Å². The van der Waals surface area contributed by atoms with Crippen LogP contribution in [0.1, 0.15) is 31.2 Å². The molecule has 9 heteroatoms. The topological polar surface area (TPSA) is 89.6 Å². The Kier molecular flexibility index (Phi) is 5.97. The molecule has 4 rings (SSSR count). The molecule has 2 aromatic heterocycles. The van der Waals surface area contributed by atoms with Crippen molar-refractivity contribution in [2.75, 3.05) is 11.9 Å². The number of nitrogens with zero attached hydrogens (tertiary/aromatic N) is 1. The molecule has 1 aliphatic rings. The van der Waals surface area contributed by atoms with Crippen molar-refractivity contribution in [1.82, 2.24) is 10.3 Å². The van der Waals surface area contributed by atoms with Gasteiger partial charge in [0.25, 0.3) is 5.91 Å². The van der Waals surface area contributed by atoms with E-state index in [-0.39, 0.29) is 24.0 Å². The van der Waals surface area contributed by atoms with Crippen LogP contribution in [0, 0.1) is 0 Å². The fourth-order valence-electron chi connectivity index (χ4n) is 3.27. The predicted molar refractivity (Wildman–Crippen MR) is 122 cm³/mol. The maximum atomic E-state index is 12.4. The molecule has 31 heavy (non-hydrogen) atoms. The molecule has 2 N–H and O–H groups in total. The predicted octanol–water partition coefficient (Wildman–Crippen LogP) is 4.24. The summed E-state index contributed by atoms with van der Waals surface area (Å²) in [5.41, 5.74) is 1.60. The summed E-state index contributed by atoms with van der Waals surface area (Å²) in [5, 5.41) is 7.97. The van der Waals surface area contributed by atoms with E-state index in [1.165, 1.54) is 18.3 Å². The zero-order chi connectivity index (χ0) is 22.0. The number of rotatable bonds is 7. The minimum absolute atomic E-state index is 0.0634. The summed E-state index contributed by atoms with van der Waals surface area (Å²) in [7, 11) is 0. The molecule has 0 spiro atoms. The smallest absolute Gasteiger partial charge is 0.264 e. The van der Waals surface area contributed by atoms with Gasteiger partial charge in [-0.2, -0.15) is 0 Å². The summed E-state index contributed by atoms with van der Waals surface area (Å²) in [4.78, 5) is 29.9. The Morgan fingerprint density at radius 1 is 1.26 bits per heavy atom. The van der Waals surface area contributed by atoms with Crippen LogP contribution in [0.25, 0.3) is 10.6 Å². The number of carbonyl (C=O) groups excluding carboxylic acids is 2. The number of amides is 2. The van der Waals surface area contributed by atoms with Crippen LogP contribution in [-0.2, 0) is 22.6 Å². The summed E-state index contributed by atoms with van der Waals surface area (Å²) >= 11 is 2.91. The molecule has 0 fully saturated rings. The van der Waals surface area contributed by atoms with Crippen molar-refractivity contribution in [1.29, 1.82) is 0 Å². The van der Waals surface area contributed by atoms with Crippen LogP contribution in [0.5, 0.6) is 11.5 Å². The molecule has 0 aliphatic carbocycles. The maximum Gasteiger partial charge on any atom is 0.264 e. The number of thiazole rings is 1. The number of nitrogens with one attached hydrogen (secondary N) is 2. The lowest BCUT2D eigenvalue weighted by Gasteiger charge is -2.18. The minimum atomic E-state index is -0.284. The third kappa shape index (κ3) is 5.23. The van der Waals surface area contributed by atoms with Gasteiger partial charge in [-0.05, 0) is 32.0 Å². The average Bonchev–Trinajstić information content (AvgIpc) is 3.41. The number of fused-ring (bicyclic) bond motifs is 1. The second-order valence-corrected chi connectivity index (χ2v) is 9.86. The molecule has 0 unspecified atom stereocenters. The average molecular weight is 458 g/mol. The first-order chi connectivity index (χ1) is 14.8. The van der Waals surface area contributed by atoms with E-state index in [0.717, 1.165) is 27.4 Å². The third-order valence-corrected chi connectivity index (χ3v) is 6.46. The number of carbonyl (C=O) groups is 2. The van der Waals surface area contributed by atoms with E-state index in [4.69, 9.17) is 9.47 Å². The highest BCUT2D eigenvalue weighted by Gasteiger charge is 2.32. The van der Waals surface area contributed by atoms with Crippen molar-refractivity contribution in [3.05, 3.63) is 46.2 Å². The van der Waals surface area contributed by atoms with Crippen LogP contribution in [0.15, 0.2) is 35.7 Å². The molecule has 0 saturated heterocycles. The zero-order valence-corrected chi connectivity index (χ0v) is 19.1. The quantitative estimate of drug-likeness (QED) is 0.554. The molecule has 1 aliphatic heterocycles. The maximum absolute atomic E-state index is 12.4. The number of para-hydroxylation sites is 1. The normalized spacial score (nSPS) is 13.9. The van der Waals surface area contributed by atoms with Gasteiger partial charge in [-0.1, -0.05) is 12.1 Å². The third-order valence-electron chi connectivity index (χ3n) is 4.59. The summed E-state index contributed by atoms with van der Waals surface area (Å²) in [6, 6.07) is 9.65. The Labute approximate surface area is 188 Å². The van der Waals surface area contributed by atoms with E-state index in [0.29, 0.717) is 23.2 Å². The van der Waals surface area contributed by atoms with Gasteiger partial charge in [-0.25, -0.2) is 4.98 Å². The molecule has 2 amide bonds. The molecule has 162 valence electrons. The van der Waals surface area contributed by atoms with Crippen LogP contribution < -0.4 is 20.1 Å². The molecular formula is C22H23N3O4S2. The summed E-state index contributed by atoms with van der Waals surface area (Å²) in [6.45, 7) is 5.91. The van der Waals surface area contributed by atoms with E-state index in [9.17, 15) is 9.59 Å². The fraction of sp³-hybridized carbons (Fsp3) is 0.318. The lowest BCUT2D eigenvalue weighted by atomic mass is 10.0. The Balaban J connectivity index is 1.33. The van der Waals surface area contributed by atoms with Crippen molar-refractivity contribution in [3.8, 4) is 22.1 Å². The molecule has 0 saturated carbocycles. The lowest BCUT2D eigenvalue weighted by molar-refractivity contribution is -0.119. The van der Waals surface area contributed by atoms with Gasteiger partial charge in [0.1, 0.15) is 5.60 Å². The van der Waals surface area contributed by atoms with Crippen LogP contribution in [-0.4, -0.2) is 29.0 Å². The molecule has 3 aromatic rings. The molecule has 3 heterocycles. The summed E-state index contributed by atoms with van der Waals surface area (Å²) in [6.07, 6.45) is 0.808. The number of hydrogen-bond donors (Lipinski definition) is 2. The highest BCUT2D eigenvalue weighted by atomic mass is 32.1. The van der Waals surface area contributed by atoms with Gasteiger partial charge in [-0.3, -0.25) is 14.9 Å². The van der Waals surface area contributed by atoms with Gasteiger partial charge >= 0.3 is 0 Å². The van der Waals surface area contributed by atoms with Crippen molar-refractivity contribution in [2.24, 2.45) is 0 Å². The van der Waals surface area contributed by atoms with Gasteiger partial charge in [0, 0.05) is 29.2 Å². The van der Waals surface area contributed by atoms with Crippen molar-refractivity contribution < 1.29 is 19.1 Å². The molecule has 0 radical (unpaired) electrons. The number of aromatic nitrogens is 1. The second kappa shape index (κ2) is 8.68. The van der Waals surface area contributed by atoms with E-state index >= 15 is 0 Å². The Hall–Kier alpha value is -2.91. The first kappa shape index (κ1) is 21.3. The van der Waals surface area contributed by atoms with E-state index in [1.54, 1.807) is 11.3 Å². The standard InChI is InChI=1S/C22H23N3O4S2/c1-13(26)23-10-15-7-8-18(31-15)16-12-30-21(24-16)25-19(27)11-28-17-6-4-5-14-9-22(2,3)29-20(14)17/h4-8,12H,9-11H2,1-3H3,(H,23,26)(H,24,25,27). The number of thiophene rings is 1. The largest absolute Gasteiger partial charge is 0.483 e. The number of ether oxygens (including phenoxy) is 2. The van der Waals surface area contributed by atoms with E-state index < -0.39 is 0 Å². The van der Waals surface area contributed by atoms with Gasteiger partial charge in [-0.15, -0.1) is 22.7 Å². The van der Waals surface area contributed by atoms with Crippen LogP contribution in [0.2, 0.25) is 0 Å². The van der Waals surface area contributed by atoms with Crippen molar-refractivity contribution in [2.45, 2.75) is 39.3 Å². The number of hydrogen-bond acceptors (Lipinski definition) is 7. The first-order valence-corrected chi connectivity index (χ1v) is 11.5. The van der Waals surface area contributed by atoms with E-state index in [1.807, 2.05) is 49.6 Å². The molecular weight excluding hydrogens is 434 g/mol.